The van der Waals surface area contributed by atoms with Crippen molar-refractivity contribution in [3.8, 4) is 5.75 Å². The molecule has 0 aromatic heterocycles. The highest BCUT2D eigenvalue weighted by Gasteiger charge is 2.16. The lowest BCUT2D eigenvalue weighted by Crippen LogP contribution is -2.33. The van der Waals surface area contributed by atoms with Gasteiger partial charge in [-0.15, -0.1) is 0 Å². The zero-order chi connectivity index (χ0) is 15.4. The summed E-state index contributed by atoms with van der Waals surface area (Å²) in [7, 11) is -1.82. The Morgan fingerprint density at radius 3 is 2.57 bits per heavy atom. The van der Waals surface area contributed by atoms with Gasteiger partial charge in [0, 0.05) is 5.46 Å². The van der Waals surface area contributed by atoms with E-state index in [1.807, 2.05) is 24.3 Å². The largest absolute Gasteiger partial charge is 0.491 e. The highest BCUT2D eigenvalue weighted by atomic mass is 19.1. The average molecular weight is 288 g/mol. The standard InChI is InChI=1S/C16H18BFO3/c1-11(2)13-4-3-5-14(9-13)21-10-12-6-7-16(18)15(8-12)17(19)20/h3-9,11,19-20H,10H2,1-2H3. The molecule has 0 bridgehead atoms. The van der Waals surface area contributed by atoms with Gasteiger partial charge >= 0.3 is 7.12 Å². The molecule has 0 saturated carbocycles. The van der Waals surface area contributed by atoms with Crippen LogP contribution in [0, 0.1) is 5.82 Å². The summed E-state index contributed by atoms with van der Waals surface area (Å²) in [5, 5.41) is 18.2. The molecule has 0 aliphatic rings. The Morgan fingerprint density at radius 1 is 1.14 bits per heavy atom. The van der Waals surface area contributed by atoms with Crippen molar-refractivity contribution < 1.29 is 19.2 Å². The van der Waals surface area contributed by atoms with Crippen molar-refractivity contribution in [2.24, 2.45) is 0 Å². The Hall–Kier alpha value is -1.85. The first-order chi connectivity index (χ1) is 9.97. The molecule has 0 spiro atoms. The maximum Gasteiger partial charge on any atom is 0.491 e. The molecule has 5 heteroatoms. The van der Waals surface area contributed by atoms with E-state index in [1.54, 1.807) is 6.07 Å². The predicted octanol–water partition coefficient (Wildman–Crippen LogP) is 2.21. The second-order valence-corrected chi connectivity index (χ2v) is 5.25. The summed E-state index contributed by atoms with van der Waals surface area (Å²) in [6.45, 7) is 4.45. The van der Waals surface area contributed by atoms with Gasteiger partial charge in [0.1, 0.15) is 18.2 Å². The van der Waals surface area contributed by atoms with Crippen LogP contribution in [-0.4, -0.2) is 17.2 Å². The van der Waals surface area contributed by atoms with Crippen LogP contribution in [0.3, 0.4) is 0 Å². The second-order valence-electron chi connectivity index (χ2n) is 5.25. The summed E-state index contributed by atoms with van der Waals surface area (Å²) >= 11 is 0. The Balaban J connectivity index is 2.09. The van der Waals surface area contributed by atoms with E-state index < -0.39 is 12.9 Å². The summed E-state index contributed by atoms with van der Waals surface area (Å²) in [5.41, 5.74) is 1.71. The summed E-state index contributed by atoms with van der Waals surface area (Å²) < 4.78 is 19.0. The maximum absolute atomic E-state index is 13.4. The number of rotatable bonds is 5. The molecule has 0 fully saturated rings. The number of benzene rings is 2. The van der Waals surface area contributed by atoms with E-state index in [9.17, 15) is 4.39 Å². The van der Waals surface area contributed by atoms with Gasteiger partial charge in [-0.25, -0.2) is 4.39 Å². The summed E-state index contributed by atoms with van der Waals surface area (Å²) in [6.07, 6.45) is 0. The first-order valence-corrected chi connectivity index (χ1v) is 6.84. The molecule has 3 nitrogen and oxygen atoms in total. The van der Waals surface area contributed by atoms with E-state index in [0.29, 0.717) is 11.5 Å². The lowest BCUT2D eigenvalue weighted by Gasteiger charge is -2.11. The van der Waals surface area contributed by atoms with Gasteiger partial charge < -0.3 is 14.8 Å². The lowest BCUT2D eigenvalue weighted by atomic mass is 9.79. The third-order valence-corrected chi connectivity index (χ3v) is 3.27. The summed E-state index contributed by atoms with van der Waals surface area (Å²) in [5.74, 6) is 0.502. The van der Waals surface area contributed by atoms with Crippen molar-refractivity contribution in [2.45, 2.75) is 26.4 Å². The zero-order valence-corrected chi connectivity index (χ0v) is 12.1. The number of hydrogen-bond donors (Lipinski definition) is 2. The molecule has 21 heavy (non-hydrogen) atoms. The van der Waals surface area contributed by atoms with Crippen molar-refractivity contribution in [1.82, 2.24) is 0 Å². The van der Waals surface area contributed by atoms with Crippen molar-refractivity contribution in [3.05, 3.63) is 59.4 Å². The van der Waals surface area contributed by atoms with Gasteiger partial charge in [0.2, 0.25) is 0 Å². The third kappa shape index (κ3) is 4.06. The van der Waals surface area contributed by atoms with Gasteiger partial charge in [-0.05, 0) is 35.2 Å². The smallest absolute Gasteiger partial charge is 0.489 e. The fourth-order valence-corrected chi connectivity index (χ4v) is 2.01. The fraction of sp³-hybridized carbons (Fsp3) is 0.250. The van der Waals surface area contributed by atoms with Crippen molar-refractivity contribution in [3.63, 3.8) is 0 Å². The first-order valence-electron chi connectivity index (χ1n) is 6.84. The van der Waals surface area contributed by atoms with E-state index in [2.05, 4.69) is 13.8 Å². The Labute approximate surface area is 124 Å². The molecule has 2 rings (SSSR count). The minimum atomic E-state index is -1.82. The van der Waals surface area contributed by atoms with Crippen LogP contribution < -0.4 is 10.2 Å². The van der Waals surface area contributed by atoms with Crippen LogP contribution in [0.1, 0.15) is 30.9 Å². The predicted molar refractivity (Wildman–Crippen MR) is 81.1 cm³/mol. The molecule has 2 N–H and O–H groups in total. The Kier molecular flexibility index (Phi) is 4.99. The van der Waals surface area contributed by atoms with Gasteiger partial charge in [-0.2, -0.15) is 0 Å². The van der Waals surface area contributed by atoms with E-state index in [1.165, 1.54) is 17.7 Å². The van der Waals surface area contributed by atoms with Gasteiger partial charge in [0.25, 0.3) is 0 Å². The average Bonchev–Trinajstić information content (AvgIpc) is 2.46. The minimum absolute atomic E-state index is 0.146. The number of halogens is 1. The Morgan fingerprint density at radius 2 is 1.90 bits per heavy atom. The van der Waals surface area contributed by atoms with Crippen LogP contribution in [0.25, 0.3) is 0 Å². The Bertz CT molecular complexity index is 614. The third-order valence-electron chi connectivity index (χ3n) is 3.27. The van der Waals surface area contributed by atoms with Crippen LogP contribution in [0.2, 0.25) is 0 Å². The molecule has 0 radical (unpaired) electrons. The topological polar surface area (TPSA) is 49.7 Å². The van der Waals surface area contributed by atoms with E-state index in [-0.39, 0.29) is 12.1 Å². The first kappa shape index (κ1) is 15.5. The SMILES string of the molecule is CC(C)c1cccc(OCc2ccc(F)c(B(O)O)c2)c1. The molecule has 0 amide bonds. The molecule has 0 atom stereocenters. The lowest BCUT2D eigenvalue weighted by molar-refractivity contribution is 0.305. The van der Waals surface area contributed by atoms with Gasteiger partial charge in [-0.3, -0.25) is 0 Å². The fourth-order valence-electron chi connectivity index (χ4n) is 2.01. The molecule has 2 aromatic rings. The van der Waals surface area contributed by atoms with E-state index in [0.717, 1.165) is 5.75 Å². The normalized spacial score (nSPS) is 10.8. The second kappa shape index (κ2) is 6.74. The van der Waals surface area contributed by atoms with Crippen LogP contribution in [0.4, 0.5) is 4.39 Å². The van der Waals surface area contributed by atoms with Crippen molar-refractivity contribution in [1.29, 1.82) is 0 Å². The van der Waals surface area contributed by atoms with Crippen LogP contribution in [-0.2, 0) is 6.61 Å². The zero-order valence-electron chi connectivity index (χ0n) is 12.1. The highest BCUT2D eigenvalue weighted by molar-refractivity contribution is 6.58. The number of hydrogen-bond acceptors (Lipinski definition) is 3. The number of ether oxygens (including phenoxy) is 1. The molecule has 0 heterocycles. The monoisotopic (exact) mass is 288 g/mol. The molecule has 0 saturated heterocycles. The van der Waals surface area contributed by atoms with Crippen LogP contribution in [0.5, 0.6) is 5.75 Å². The molecular formula is C16H18BFO3. The van der Waals surface area contributed by atoms with Gasteiger partial charge in [0.05, 0.1) is 0 Å². The molecule has 0 aliphatic carbocycles. The quantitative estimate of drug-likeness (QED) is 0.829. The van der Waals surface area contributed by atoms with E-state index in [4.69, 9.17) is 14.8 Å². The van der Waals surface area contributed by atoms with E-state index >= 15 is 0 Å². The minimum Gasteiger partial charge on any atom is -0.489 e. The summed E-state index contributed by atoms with van der Waals surface area (Å²) in [6, 6.07) is 12.0. The molecule has 0 aliphatic heterocycles. The summed E-state index contributed by atoms with van der Waals surface area (Å²) in [4.78, 5) is 0. The molecular weight excluding hydrogens is 270 g/mol. The molecule has 2 aromatic carbocycles. The highest BCUT2D eigenvalue weighted by Crippen LogP contribution is 2.20. The van der Waals surface area contributed by atoms with Gasteiger partial charge in [0.15, 0.2) is 0 Å². The van der Waals surface area contributed by atoms with Crippen molar-refractivity contribution in [2.75, 3.05) is 0 Å². The van der Waals surface area contributed by atoms with Crippen LogP contribution in [0.15, 0.2) is 42.5 Å². The van der Waals surface area contributed by atoms with Gasteiger partial charge in [-0.1, -0.05) is 38.1 Å². The molecule has 0 unspecified atom stereocenters. The molecule has 110 valence electrons. The van der Waals surface area contributed by atoms with Crippen LogP contribution >= 0.6 is 0 Å². The van der Waals surface area contributed by atoms with Crippen molar-refractivity contribution >= 4 is 12.6 Å². The maximum atomic E-state index is 13.4.